The second kappa shape index (κ2) is 10.4. The van der Waals surface area contributed by atoms with Gasteiger partial charge < -0.3 is 21.3 Å². The second-order valence-electron chi connectivity index (χ2n) is 10.1. The van der Waals surface area contributed by atoms with Crippen LogP contribution in [-0.2, 0) is 9.59 Å². The molecule has 4 rings (SSSR count). The number of halogens is 2. The Balaban J connectivity index is 1.56. The molecule has 2 heterocycles. The summed E-state index contributed by atoms with van der Waals surface area (Å²) in [4.78, 5) is 28.4. The first-order valence-electron chi connectivity index (χ1n) is 12.2. The second-order valence-corrected chi connectivity index (χ2v) is 10.1. The summed E-state index contributed by atoms with van der Waals surface area (Å²) >= 11 is 0. The third-order valence-electron chi connectivity index (χ3n) is 7.34. The van der Waals surface area contributed by atoms with Gasteiger partial charge in [0.05, 0.1) is 17.5 Å². The van der Waals surface area contributed by atoms with Crippen molar-refractivity contribution in [3.8, 4) is 0 Å². The maximum atomic E-state index is 14.7. The number of nitrogens with two attached hydrogens (primary N) is 1. The lowest BCUT2D eigenvalue weighted by Gasteiger charge is -2.36. The van der Waals surface area contributed by atoms with Crippen molar-refractivity contribution in [3.05, 3.63) is 71.6 Å². The van der Waals surface area contributed by atoms with Crippen LogP contribution in [0.15, 0.2) is 66.0 Å². The van der Waals surface area contributed by atoms with E-state index in [-0.39, 0.29) is 18.5 Å². The first-order valence-corrected chi connectivity index (χ1v) is 12.2. The smallest absolute Gasteiger partial charge is 0.241 e. The average molecular weight is 485 g/mol. The number of nitrogens with one attached hydrogen (secondary N) is 2. The van der Waals surface area contributed by atoms with Crippen molar-refractivity contribution in [2.45, 2.75) is 51.0 Å². The van der Waals surface area contributed by atoms with Gasteiger partial charge in [-0.25, -0.2) is 8.78 Å². The summed E-state index contributed by atoms with van der Waals surface area (Å²) < 4.78 is 28.6. The molecule has 188 valence electrons. The van der Waals surface area contributed by atoms with E-state index in [0.29, 0.717) is 5.57 Å². The molecule has 0 aromatic heterocycles. The highest BCUT2D eigenvalue weighted by atomic mass is 19.1. The molecule has 2 unspecified atom stereocenters. The van der Waals surface area contributed by atoms with Crippen molar-refractivity contribution in [1.82, 2.24) is 15.5 Å². The molecule has 2 amide bonds. The van der Waals surface area contributed by atoms with Crippen molar-refractivity contribution in [3.63, 3.8) is 0 Å². The van der Waals surface area contributed by atoms with Crippen molar-refractivity contribution in [1.29, 1.82) is 0 Å². The normalized spacial score (nSPS) is 26.2. The van der Waals surface area contributed by atoms with Crippen molar-refractivity contribution in [2.24, 2.45) is 17.1 Å². The van der Waals surface area contributed by atoms with E-state index in [9.17, 15) is 18.4 Å². The van der Waals surface area contributed by atoms with Crippen LogP contribution in [0.1, 0.15) is 38.3 Å². The largest absolute Gasteiger partial charge is 0.353 e. The van der Waals surface area contributed by atoms with Crippen LogP contribution in [0, 0.1) is 11.3 Å². The van der Waals surface area contributed by atoms with Gasteiger partial charge in [0.25, 0.3) is 0 Å². The summed E-state index contributed by atoms with van der Waals surface area (Å²) in [5.41, 5.74) is 6.74. The first kappa shape index (κ1) is 25.3. The van der Waals surface area contributed by atoms with Crippen molar-refractivity contribution in [2.75, 3.05) is 19.6 Å². The number of allylic oxidation sites excluding steroid dienone is 4. The molecule has 1 fully saturated rings. The van der Waals surface area contributed by atoms with E-state index in [4.69, 9.17) is 5.73 Å². The molecule has 0 radical (unpaired) electrons. The van der Waals surface area contributed by atoms with Gasteiger partial charge in [-0.1, -0.05) is 36.4 Å². The van der Waals surface area contributed by atoms with Crippen LogP contribution in [-0.4, -0.2) is 54.6 Å². The third kappa shape index (κ3) is 5.38. The summed E-state index contributed by atoms with van der Waals surface area (Å²) in [7, 11) is 0. The molecule has 4 N–H and O–H groups in total. The Hall–Kier alpha value is -2.84. The topological polar surface area (TPSA) is 87.5 Å². The van der Waals surface area contributed by atoms with Gasteiger partial charge in [0.15, 0.2) is 0 Å². The van der Waals surface area contributed by atoms with Crippen molar-refractivity contribution >= 4 is 11.8 Å². The summed E-state index contributed by atoms with van der Waals surface area (Å²) in [6, 6.07) is 7.82. The molecule has 0 saturated carbocycles. The van der Waals surface area contributed by atoms with E-state index in [1.54, 1.807) is 18.7 Å². The predicted octanol–water partition coefficient (Wildman–Crippen LogP) is 3.10. The summed E-state index contributed by atoms with van der Waals surface area (Å²) in [5.74, 6) is -1.96. The molecule has 35 heavy (non-hydrogen) atoms. The predicted molar refractivity (Wildman–Crippen MR) is 131 cm³/mol. The lowest BCUT2D eigenvalue weighted by molar-refractivity contribution is -0.142. The average Bonchev–Trinajstić information content (AvgIpc) is 3.31. The van der Waals surface area contributed by atoms with Gasteiger partial charge in [0, 0.05) is 18.5 Å². The number of hydrogen-bond donors (Lipinski definition) is 3. The highest BCUT2D eigenvalue weighted by Gasteiger charge is 2.44. The monoisotopic (exact) mass is 484 g/mol. The number of benzene rings is 1. The molecular weight excluding hydrogens is 450 g/mol. The Labute approximate surface area is 205 Å². The fourth-order valence-corrected chi connectivity index (χ4v) is 4.90. The van der Waals surface area contributed by atoms with E-state index in [2.05, 4.69) is 10.6 Å². The molecule has 0 spiro atoms. The fourth-order valence-electron chi connectivity index (χ4n) is 4.90. The molecule has 0 bridgehead atoms. The molecule has 2 aliphatic heterocycles. The molecule has 3 aliphatic rings. The summed E-state index contributed by atoms with van der Waals surface area (Å²) in [6.45, 7) is 5.13. The Kier molecular flexibility index (Phi) is 7.52. The Morgan fingerprint density at radius 3 is 2.54 bits per heavy atom. The quantitative estimate of drug-likeness (QED) is 0.542. The van der Waals surface area contributed by atoms with E-state index in [1.807, 2.05) is 36.4 Å². The summed E-state index contributed by atoms with van der Waals surface area (Å²) in [6.07, 6.45) is 5.66. The molecule has 1 aliphatic carbocycles. The molecule has 6 nitrogen and oxygen atoms in total. The van der Waals surface area contributed by atoms with Crippen molar-refractivity contribution < 1.29 is 18.4 Å². The number of alkyl halides is 1. The first-order chi connectivity index (χ1) is 16.7. The number of piperidine rings is 1. The highest BCUT2D eigenvalue weighted by molar-refractivity contribution is 5.93. The minimum Gasteiger partial charge on any atom is -0.353 e. The maximum absolute atomic E-state index is 14.7. The van der Waals surface area contributed by atoms with Gasteiger partial charge in [0.1, 0.15) is 12.0 Å². The van der Waals surface area contributed by atoms with Crippen LogP contribution in [0.2, 0.25) is 0 Å². The standard InChI is InChI=1S/C27H34F2N4O2/c1-27(2,26(35)32-20-10-12-31-13-11-20)24(30)25(34)33-16-18(21-15-19(28)8-9-22(21)29)14-23(33)17-6-4-3-5-7-17/h3-9,14-15,20-24,31H,10-13,16,30H2,1-2H3,(H,32,35)/t21?,22?,23-,24+/m0/s1. The van der Waals surface area contributed by atoms with Gasteiger partial charge in [-0.15, -0.1) is 0 Å². The van der Waals surface area contributed by atoms with E-state index in [1.165, 1.54) is 12.2 Å². The number of hydrogen-bond acceptors (Lipinski definition) is 4. The minimum atomic E-state index is -1.38. The number of rotatable bonds is 6. The number of amides is 2. The van der Waals surface area contributed by atoms with E-state index >= 15 is 0 Å². The van der Waals surface area contributed by atoms with Gasteiger partial charge in [-0.2, -0.15) is 0 Å². The van der Waals surface area contributed by atoms with Crippen LogP contribution in [0.5, 0.6) is 0 Å². The van der Waals surface area contributed by atoms with Crippen LogP contribution in [0.25, 0.3) is 0 Å². The van der Waals surface area contributed by atoms with Gasteiger partial charge in [-0.05, 0) is 69.1 Å². The lowest BCUT2D eigenvalue weighted by Crippen LogP contribution is -2.58. The molecule has 1 saturated heterocycles. The SMILES string of the molecule is CC(C)(C(=O)NC1CCNCC1)[C@H](N)C(=O)N1CC(C2C=C(F)C=CC2F)=C[C@H]1c1ccccc1. The Morgan fingerprint density at radius 2 is 1.86 bits per heavy atom. The maximum Gasteiger partial charge on any atom is 0.241 e. The zero-order chi connectivity index (χ0) is 25.2. The zero-order valence-corrected chi connectivity index (χ0v) is 20.2. The fraction of sp³-hybridized carbons (Fsp3) is 0.481. The highest BCUT2D eigenvalue weighted by Crippen LogP contribution is 2.38. The minimum absolute atomic E-state index is 0.0463. The van der Waals surface area contributed by atoms with E-state index < -0.39 is 41.3 Å². The van der Waals surface area contributed by atoms with Gasteiger partial charge in [-0.3, -0.25) is 9.59 Å². The third-order valence-corrected chi connectivity index (χ3v) is 7.34. The zero-order valence-electron chi connectivity index (χ0n) is 20.2. The molecule has 4 atom stereocenters. The van der Waals surface area contributed by atoms with Gasteiger partial charge >= 0.3 is 0 Å². The Bertz CT molecular complexity index is 1030. The molecule has 8 heteroatoms. The number of carbonyl (C=O) groups is 2. The summed E-state index contributed by atoms with van der Waals surface area (Å²) in [5, 5.41) is 6.31. The van der Waals surface area contributed by atoms with Crippen LogP contribution in [0.3, 0.4) is 0 Å². The Morgan fingerprint density at radius 1 is 1.17 bits per heavy atom. The van der Waals surface area contributed by atoms with Crippen LogP contribution in [0.4, 0.5) is 8.78 Å². The van der Waals surface area contributed by atoms with Gasteiger partial charge in [0.2, 0.25) is 11.8 Å². The van der Waals surface area contributed by atoms with Crippen LogP contribution < -0.4 is 16.4 Å². The lowest BCUT2D eigenvalue weighted by atomic mass is 9.82. The number of nitrogens with zero attached hydrogens (tertiary/aromatic N) is 1. The number of carbonyl (C=O) groups excluding carboxylic acids is 2. The molecule has 1 aromatic carbocycles. The molecular formula is C27H34F2N4O2. The molecule has 1 aromatic rings. The van der Waals surface area contributed by atoms with Crippen LogP contribution >= 0.6 is 0 Å². The van der Waals surface area contributed by atoms with E-state index in [0.717, 1.165) is 37.6 Å².